The van der Waals surface area contributed by atoms with Crippen LogP contribution >= 0.6 is 23.2 Å². The summed E-state index contributed by atoms with van der Waals surface area (Å²) < 4.78 is 25.4. The minimum Gasteiger partial charge on any atom is -0.771 e. The molecule has 2 aromatic carbocycles. The fourth-order valence-electron chi connectivity index (χ4n) is 5.41. The van der Waals surface area contributed by atoms with Crippen molar-refractivity contribution in [3.05, 3.63) is 68.7 Å². The zero-order valence-corrected chi connectivity index (χ0v) is 23.0. The van der Waals surface area contributed by atoms with E-state index in [4.69, 9.17) is 23.2 Å². The van der Waals surface area contributed by atoms with Gasteiger partial charge in [-0.05, 0) is 59.8 Å². The Labute approximate surface area is 233 Å². The Morgan fingerprint density at radius 2 is 1.79 bits per heavy atom. The van der Waals surface area contributed by atoms with Crippen LogP contribution in [0.4, 0.5) is 5.69 Å². The van der Waals surface area contributed by atoms with Crippen molar-refractivity contribution >= 4 is 56.8 Å². The van der Waals surface area contributed by atoms with E-state index in [9.17, 15) is 18.4 Å². The van der Waals surface area contributed by atoms with Gasteiger partial charge in [-0.15, -0.1) is 0 Å². The Balaban J connectivity index is 1.26. The number of rotatable bonds is 7. The van der Waals surface area contributed by atoms with Crippen LogP contribution in [0.1, 0.15) is 31.2 Å². The van der Waals surface area contributed by atoms with E-state index in [1.54, 1.807) is 24.3 Å². The average molecular weight is 578 g/mol. The molecule has 202 valence electrons. The van der Waals surface area contributed by atoms with Crippen molar-refractivity contribution in [1.29, 1.82) is 0 Å². The lowest BCUT2D eigenvalue weighted by Gasteiger charge is -2.47. The molecule has 1 aliphatic carbocycles. The minimum absolute atomic E-state index is 0.166. The van der Waals surface area contributed by atoms with E-state index in [0.29, 0.717) is 60.0 Å². The molecule has 9 nitrogen and oxygen atoms in total. The number of hydrogen-bond acceptors (Lipinski definition) is 7. The molecule has 0 bridgehead atoms. The summed E-state index contributed by atoms with van der Waals surface area (Å²) in [5.41, 5.74) is 1.92. The Hall–Kier alpha value is -2.50. The second-order valence-electron chi connectivity index (χ2n) is 9.77. The van der Waals surface area contributed by atoms with Gasteiger partial charge < -0.3 is 14.8 Å². The van der Waals surface area contributed by atoms with Crippen LogP contribution in [0.15, 0.2) is 47.5 Å². The summed E-state index contributed by atoms with van der Waals surface area (Å²) in [6.45, 7) is 2.69. The van der Waals surface area contributed by atoms with Gasteiger partial charge >= 0.3 is 0 Å². The third-order valence-corrected chi connectivity index (χ3v) is 9.54. The first-order valence-electron chi connectivity index (χ1n) is 12.6. The van der Waals surface area contributed by atoms with Crippen molar-refractivity contribution in [2.24, 2.45) is 0 Å². The highest BCUT2D eigenvalue weighted by atomic mass is 35.5. The van der Waals surface area contributed by atoms with E-state index in [0.717, 1.165) is 24.1 Å². The summed E-state index contributed by atoms with van der Waals surface area (Å²) in [5, 5.41) is 4.06. The lowest BCUT2D eigenvalue weighted by molar-refractivity contribution is -0.121. The Morgan fingerprint density at radius 3 is 2.47 bits per heavy atom. The molecule has 38 heavy (non-hydrogen) atoms. The molecule has 1 aliphatic heterocycles. The lowest BCUT2D eigenvalue weighted by atomic mass is 10.1. The third-order valence-electron chi connectivity index (χ3n) is 7.51. The monoisotopic (exact) mass is 576 g/mol. The van der Waals surface area contributed by atoms with Crippen LogP contribution in [0.3, 0.4) is 0 Å². The van der Waals surface area contributed by atoms with E-state index in [1.807, 2.05) is 12.1 Å². The van der Waals surface area contributed by atoms with Gasteiger partial charge in [0.1, 0.15) is 6.54 Å². The molecule has 2 fully saturated rings. The molecule has 1 unspecified atom stereocenters. The van der Waals surface area contributed by atoms with Crippen LogP contribution in [0.25, 0.3) is 10.9 Å². The maximum Gasteiger partial charge on any atom is 0.261 e. The molecule has 1 atom stereocenters. The molecule has 2 aliphatic rings. The van der Waals surface area contributed by atoms with E-state index in [2.05, 4.69) is 20.1 Å². The van der Waals surface area contributed by atoms with E-state index < -0.39 is 16.0 Å². The highest BCUT2D eigenvalue weighted by Crippen LogP contribution is 2.38. The fraction of sp³-hybridized carbons (Fsp3) is 0.423. The number of benzene rings is 2. The van der Waals surface area contributed by atoms with Crippen molar-refractivity contribution in [3.63, 3.8) is 0 Å². The number of fused-ring (bicyclic) bond motifs is 1. The molecule has 1 N–H and O–H groups in total. The predicted molar refractivity (Wildman–Crippen MR) is 148 cm³/mol. The first-order valence-corrected chi connectivity index (χ1v) is 14.4. The summed E-state index contributed by atoms with van der Waals surface area (Å²) >= 11 is 9.83. The number of carbonyl (C=O) groups excluding carboxylic acids is 1. The molecule has 1 saturated carbocycles. The average Bonchev–Trinajstić information content (AvgIpc) is 3.43. The Morgan fingerprint density at radius 1 is 1.05 bits per heavy atom. The number of carbonyl (C=O) groups is 1. The molecule has 1 saturated heterocycles. The van der Waals surface area contributed by atoms with E-state index in [1.165, 1.54) is 10.9 Å². The van der Waals surface area contributed by atoms with Gasteiger partial charge in [0, 0.05) is 38.4 Å². The SMILES string of the molecule is O=C(Cn1cnc2ccc(N3CCN(C4(S(=O)[O-])CCCC4)CC3)cc2c1=O)NCc1ccc(Cl)c(Cl)c1. The van der Waals surface area contributed by atoms with Gasteiger partial charge in [-0.25, -0.2) is 4.98 Å². The van der Waals surface area contributed by atoms with Gasteiger partial charge in [0.25, 0.3) is 5.56 Å². The van der Waals surface area contributed by atoms with Gasteiger partial charge in [0.2, 0.25) is 5.91 Å². The minimum atomic E-state index is -2.14. The van der Waals surface area contributed by atoms with Crippen LogP contribution in [-0.2, 0) is 29.0 Å². The van der Waals surface area contributed by atoms with Crippen molar-refractivity contribution < 1.29 is 13.6 Å². The van der Waals surface area contributed by atoms with Crippen LogP contribution in [-0.4, -0.2) is 60.2 Å². The zero-order chi connectivity index (χ0) is 26.9. The van der Waals surface area contributed by atoms with E-state index >= 15 is 0 Å². The van der Waals surface area contributed by atoms with Crippen LogP contribution < -0.4 is 15.8 Å². The molecule has 3 aromatic rings. The number of nitrogens with zero attached hydrogens (tertiary/aromatic N) is 4. The predicted octanol–water partition coefficient (Wildman–Crippen LogP) is 3.29. The summed E-state index contributed by atoms with van der Waals surface area (Å²) in [7, 11) is 0. The number of anilines is 1. The topological polar surface area (TPSA) is 111 Å². The van der Waals surface area contributed by atoms with Crippen LogP contribution in [0, 0.1) is 0 Å². The van der Waals surface area contributed by atoms with Crippen LogP contribution in [0.5, 0.6) is 0 Å². The molecule has 12 heteroatoms. The molecule has 1 amide bonds. The largest absolute Gasteiger partial charge is 0.771 e. The van der Waals surface area contributed by atoms with Gasteiger partial charge in [-0.3, -0.25) is 23.3 Å². The summed E-state index contributed by atoms with van der Waals surface area (Å²) in [6.07, 6.45) is 4.62. The van der Waals surface area contributed by atoms with Crippen molar-refractivity contribution in [2.45, 2.75) is 43.6 Å². The maximum atomic E-state index is 13.2. The number of nitrogens with one attached hydrogen (secondary N) is 1. The summed E-state index contributed by atoms with van der Waals surface area (Å²) in [6, 6.07) is 10.7. The standard InChI is InChI=1S/C26H29Cl2N5O4S/c27-21-5-3-18(13-22(21)28)15-29-24(34)16-32-17-30-23-6-4-19(14-20(23)25(32)35)31-9-11-33(12-10-31)26(38(36)37)7-1-2-8-26/h3-6,13-14,17H,1-2,7-12,15-16H2,(H,29,34)(H,36,37)/p-1. The number of piperazine rings is 1. The first-order chi connectivity index (χ1) is 18.3. The third kappa shape index (κ3) is 5.46. The second-order valence-corrected chi connectivity index (χ2v) is 11.8. The number of aromatic nitrogens is 2. The Kier molecular flexibility index (Phi) is 8.06. The number of halogens is 2. The highest BCUT2D eigenvalue weighted by Gasteiger charge is 2.42. The van der Waals surface area contributed by atoms with Gasteiger partial charge in [-0.2, -0.15) is 0 Å². The van der Waals surface area contributed by atoms with Gasteiger partial charge in [0.05, 0.1) is 32.1 Å². The molecule has 0 radical (unpaired) electrons. The van der Waals surface area contributed by atoms with Crippen molar-refractivity contribution in [3.8, 4) is 0 Å². The number of amides is 1. The normalized spacial score (nSPS) is 18.6. The molecular weight excluding hydrogens is 549 g/mol. The quantitative estimate of drug-likeness (QED) is 0.429. The van der Waals surface area contributed by atoms with Crippen molar-refractivity contribution in [1.82, 2.24) is 19.8 Å². The van der Waals surface area contributed by atoms with Crippen LogP contribution in [0.2, 0.25) is 10.0 Å². The molecule has 5 rings (SSSR count). The first kappa shape index (κ1) is 27.1. The van der Waals surface area contributed by atoms with E-state index in [-0.39, 0.29) is 24.6 Å². The lowest BCUT2D eigenvalue weighted by Crippen LogP contribution is -2.58. The molecule has 1 aromatic heterocycles. The smallest absolute Gasteiger partial charge is 0.261 e. The van der Waals surface area contributed by atoms with Crippen molar-refractivity contribution in [2.75, 3.05) is 31.1 Å². The Bertz CT molecular complexity index is 1430. The maximum absolute atomic E-state index is 13.2. The van der Waals surface area contributed by atoms with Gasteiger partial charge in [0.15, 0.2) is 0 Å². The summed E-state index contributed by atoms with van der Waals surface area (Å²) in [4.78, 5) is 33.6. The highest BCUT2D eigenvalue weighted by molar-refractivity contribution is 7.80. The molecular formula is C26H28Cl2N5O4S-. The summed E-state index contributed by atoms with van der Waals surface area (Å²) in [5.74, 6) is -0.330. The van der Waals surface area contributed by atoms with Gasteiger partial charge in [-0.1, -0.05) is 42.1 Å². The zero-order valence-electron chi connectivity index (χ0n) is 20.7. The molecule has 0 spiro atoms. The number of hydrogen-bond donors (Lipinski definition) is 1. The second kappa shape index (κ2) is 11.3. The molecule has 2 heterocycles. The fourth-order valence-corrected chi connectivity index (χ4v) is 6.74.